The van der Waals surface area contributed by atoms with Crippen LogP contribution in [0.25, 0.3) is 0 Å². The first-order valence-corrected chi connectivity index (χ1v) is 5.77. The van der Waals surface area contributed by atoms with E-state index in [1.54, 1.807) is 4.90 Å². The van der Waals surface area contributed by atoms with Gasteiger partial charge in [0.2, 0.25) is 0 Å². The summed E-state index contributed by atoms with van der Waals surface area (Å²) in [5.41, 5.74) is 1.78. The molecule has 0 radical (unpaired) electrons. The zero-order valence-electron chi connectivity index (χ0n) is 11.7. The highest BCUT2D eigenvalue weighted by Gasteiger charge is 2.18. The van der Waals surface area contributed by atoms with Gasteiger partial charge in [-0.3, -0.25) is 0 Å². The first-order valence-electron chi connectivity index (χ1n) is 6.77. The van der Waals surface area contributed by atoms with E-state index in [2.05, 4.69) is 0 Å². The summed E-state index contributed by atoms with van der Waals surface area (Å²) in [5.74, 6) is 0. The summed E-state index contributed by atoms with van der Waals surface area (Å²) in [7, 11) is 0. The van der Waals surface area contributed by atoms with Crippen molar-refractivity contribution in [1.82, 2.24) is 4.90 Å². The Morgan fingerprint density at radius 3 is 2.71 bits per heavy atom. The summed E-state index contributed by atoms with van der Waals surface area (Å²) in [5, 5.41) is 0. The third-order valence-corrected chi connectivity index (χ3v) is 2.83. The number of hydrogen-bond acceptors (Lipinski definition) is 2. The summed E-state index contributed by atoms with van der Waals surface area (Å²) in [6.45, 7) is 1.23. The maximum atomic E-state index is 11.8. The fraction of sp³-hybridized carbons (Fsp3) is 0.357. The standard InChI is InChI=1S/C14H17NO2/c1-12-7-9-15(10-8-12)14(16)17-11-13-5-3-2-4-6-13/h2-6H,1,7-11H2/i1D2. The van der Waals surface area contributed by atoms with Crippen molar-refractivity contribution < 1.29 is 12.3 Å². The molecule has 2 rings (SSSR count). The molecular formula is C14H17NO2. The predicted molar refractivity (Wildman–Crippen MR) is 66.6 cm³/mol. The number of piperidine rings is 1. The van der Waals surface area contributed by atoms with E-state index in [0.29, 0.717) is 25.9 Å². The van der Waals surface area contributed by atoms with E-state index < -0.39 is 0 Å². The van der Waals surface area contributed by atoms with Crippen molar-refractivity contribution in [3.63, 3.8) is 0 Å². The van der Waals surface area contributed by atoms with Gasteiger partial charge in [-0.2, -0.15) is 0 Å². The molecule has 1 aromatic rings. The van der Waals surface area contributed by atoms with E-state index in [1.807, 2.05) is 30.3 Å². The zero-order valence-corrected chi connectivity index (χ0v) is 9.69. The molecule has 0 saturated carbocycles. The maximum absolute atomic E-state index is 11.8. The molecule has 1 aromatic carbocycles. The molecule has 1 saturated heterocycles. The molecule has 1 fully saturated rings. The lowest BCUT2D eigenvalue weighted by atomic mass is 10.1. The summed E-state index contributed by atoms with van der Waals surface area (Å²) in [4.78, 5) is 13.5. The lowest BCUT2D eigenvalue weighted by Gasteiger charge is -2.27. The van der Waals surface area contributed by atoms with Crippen molar-refractivity contribution in [2.24, 2.45) is 0 Å². The van der Waals surface area contributed by atoms with Crippen molar-refractivity contribution in [3.8, 4) is 0 Å². The largest absolute Gasteiger partial charge is 0.445 e. The molecule has 0 aliphatic carbocycles. The molecule has 0 N–H and O–H groups in total. The highest BCUT2D eigenvalue weighted by molar-refractivity contribution is 5.67. The van der Waals surface area contributed by atoms with Gasteiger partial charge in [0, 0.05) is 13.1 Å². The predicted octanol–water partition coefficient (Wildman–Crippen LogP) is 2.98. The molecule has 17 heavy (non-hydrogen) atoms. The molecule has 0 atom stereocenters. The van der Waals surface area contributed by atoms with Crippen LogP contribution in [0.5, 0.6) is 0 Å². The van der Waals surface area contributed by atoms with Gasteiger partial charge in [0.05, 0.1) is 2.74 Å². The molecule has 1 aliphatic rings. The first-order chi connectivity index (χ1) is 9.16. The number of rotatable bonds is 2. The molecule has 90 valence electrons. The lowest BCUT2D eigenvalue weighted by Crippen LogP contribution is -2.36. The van der Waals surface area contributed by atoms with Crippen LogP contribution < -0.4 is 0 Å². The van der Waals surface area contributed by atoms with Crippen LogP contribution in [-0.2, 0) is 11.3 Å². The van der Waals surface area contributed by atoms with Gasteiger partial charge in [-0.25, -0.2) is 4.79 Å². The number of hydrogen-bond donors (Lipinski definition) is 0. The van der Waals surface area contributed by atoms with Gasteiger partial charge in [0.15, 0.2) is 0 Å². The molecule has 0 bridgehead atoms. The van der Waals surface area contributed by atoms with E-state index in [1.165, 1.54) is 0 Å². The third-order valence-electron chi connectivity index (χ3n) is 2.83. The Bertz CT molecular complexity index is 460. The van der Waals surface area contributed by atoms with Crippen molar-refractivity contribution in [2.75, 3.05) is 13.1 Å². The molecule has 1 aliphatic heterocycles. The molecule has 0 aromatic heterocycles. The van der Waals surface area contributed by atoms with Gasteiger partial charge < -0.3 is 9.64 Å². The van der Waals surface area contributed by atoms with Crippen LogP contribution in [-0.4, -0.2) is 24.1 Å². The van der Waals surface area contributed by atoms with Gasteiger partial charge in [-0.15, -0.1) is 0 Å². The highest BCUT2D eigenvalue weighted by Crippen LogP contribution is 2.15. The molecule has 0 spiro atoms. The van der Waals surface area contributed by atoms with Crippen molar-refractivity contribution in [2.45, 2.75) is 19.4 Å². The minimum atomic E-state index is -0.320. The van der Waals surface area contributed by atoms with Gasteiger partial charge >= 0.3 is 6.09 Å². The minimum Gasteiger partial charge on any atom is -0.445 e. The van der Waals surface area contributed by atoms with E-state index in [9.17, 15) is 4.79 Å². The molecule has 1 heterocycles. The Balaban J connectivity index is 1.80. The van der Waals surface area contributed by atoms with Gasteiger partial charge in [-0.1, -0.05) is 42.4 Å². The van der Waals surface area contributed by atoms with E-state index in [4.69, 9.17) is 7.48 Å². The molecule has 1 amide bonds. The average Bonchev–Trinajstić information content (AvgIpc) is 2.46. The summed E-state index contributed by atoms with van der Waals surface area (Å²) in [6, 6.07) is 9.56. The third kappa shape index (κ3) is 3.34. The van der Waals surface area contributed by atoms with Gasteiger partial charge in [0.1, 0.15) is 6.61 Å². The Kier molecular flexibility index (Phi) is 3.02. The average molecular weight is 233 g/mol. The van der Waals surface area contributed by atoms with E-state index in [0.717, 1.165) is 11.1 Å². The molecule has 3 nitrogen and oxygen atoms in total. The van der Waals surface area contributed by atoms with Crippen LogP contribution in [0.2, 0.25) is 0 Å². The number of carbonyl (C=O) groups excluding carboxylic acids is 1. The Hall–Kier alpha value is -1.77. The summed E-state index contributed by atoms with van der Waals surface area (Å²) >= 11 is 0. The van der Waals surface area contributed by atoms with Crippen molar-refractivity contribution in [1.29, 1.82) is 0 Å². The van der Waals surface area contributed by atoms with Gasteiger partial charge in [0.25, 0.3) is 0 Å². The summed E-state index contributed by atoms with van der Waals surface area (Å²) in [6.07, 6.45) is 0.880. The fourth-order valence-electron chi connectivity index (χ4n) is 1.77. The van der Waals surface area contributed by atoms with Crippen LogP contribution in [0.1, 0.15) is 21.1 Å². The van der Waals surface area contributed by atoms with Crippen LogP contribution in [0.4, 0.5) is 4.79 Å². The topological polar surface area (TPSA) is 29.5 Å². The van der Waals surface area contributed by atoms with Gasteiger partial charge in [-0.05, 0) is 18.4 Å². The second-order valence-electron chi connectivity index (χ2n) is 4.13. The van der Waals surface area contributed by atoms with Crippen molar-refractivity contribution >= 4 is 6.09 Å². The number of likely N-dealkylation sites (tertiary alicyclic amines) is 1. The minimum absolute atomic E-state index is 0.114. The Morgan fingerprint density at radius 1 is 1.35 bits per heavy atom. The second kappa shape index (κ2) is 5.53. The molecule has 0 unspecified atom stereocenters. The van der Waals surface area contributed by atoms with Crippen LogP contribution in [0.15, 0.2) is 42.4 Å². The van der Waals surface area contributed by atoms with E-state index in [-0.39, 0.29) is 19.2 Å². The Morgan fingerprint density at radius 2 is 2.06 bits per heavy atom. The number of amides is 1. The zero-order chi connectivity index (χ0) is 13.7. The quantitative estimate of drug-likeness (QED) is 0.735. The number of benzene rings is 1. The maximum Gasteiger partial charge on any atom is 0.410 e. The first kappa shape index (κ1) is 9.28. The fourth-order valence-corrected chi connectivity index (χ4v) is 1.77. The monoisotopic (exact) mass is 233 g/mol. The number of ether oxygens (including phenoxy) is 1. The van der Waals surface area contributed by atoms with E-state index >= 15 is 0 Å². The molecular weight excluding hydrogens is 214 g/mol. The Labute approximate surface area is 105 Å². The van der Waals surface area contributed by atoms with Crippen LogP contribution in [0.3, 0.4) is 0 Å². The normalized spacial score (nSPS) is 17.2. The smallest absolute Gasteiger partial charge is 0.410 e. The second-order valence-corrected chi connectivity index (χ2v) is 4.13. The highest BCUT2D eigenvalue weighted by atomic mass is 16.6. The lowest BCUT2D eigenvalue weighted by molar-refractivity contribution is 0.0936. The van der Waals surface area contributed by atoms with Crippen LogP contribution in [0, 0.1) is 0 Å². The number of nitrogens with zero attached hydrogens (tertiary/aromatic N) is 1. The van der Waals surface area contributed by atoms with Crippen molar-refractivity contribution in [3.05, 3.63) is 48.0 Å². The summed E-state index contributed by atoms with van der Waals surface area (Å²) < 4.78 is 19.7. The van der Waals surface area contributed by atoms with Crippen LogP contribution >= 0.6 is 0 Å². The molecule has 3 heteroatoms. The number of carbonyl (C=O) groups is 1. The SMILES string of the molecule is [2H]C([2H])=C1CCN(C(=O)OCc2ccccc2)CC1.